The van der Waals surface area contributed by atoms with Gasteiger partial charge in [0.05, 0.1) is 16.8 Å². The number of para-hydroxylation sites is 1. The molecule has 5 aromatic rings. The Hall–Kier alpha value is -4.77. The summed E-state index contributed by atoms with van der Waals surface area (Å²) in [5.74, 6) is -0.723. The van der Waals surface area contributed by atoms with E-state index < -0.39 is 5.97 Å². The normalized spacial score (nSPS) is 12.7. The van der Waals surface area contributed by atoms with Crippen molar-refractivity contribution in [3.8, 4) is 22.4 Å². The van der Waals surface area contributed by atoms with Crippen molar-refractivity contribution < 1.29 is 14.3 Å². The summed E-state index contributed by atoms with van der Waals surface area (Å²) in [6, 6.07) is 35.7. The first kappa shape index (κ1) is 23.6. The smallest absolute Gasteiger partial charge is 0.339 e. The lowest BCUT2D eigenvalue weighted by Gasteiger charge is -2.28. The van der Waals surface area contributed by atoms with Crippen molar-refractivity contribution in [2.75, 3.05) is 13.2 Å². The average Bonchev–Trinajstić information content (AvgIpc) is 2.99. The number of fused-ring (bicyclic) bond motifs is 2. The zero-order valence-electron chi connectivity index (χ0n) is 20.8. The fourth-order valence-corrected chi connectivity index (χ4v) is 4.96. The Kier molecular flexibility index (Phi) is 6.40. The minimum absolute atomic E-state index is 0.192. The fraction of sp³-hybridized carbons (Fsp3) is 0.121. The molecule has 1 aliphatic heterocycles. The number of nitrogens with zero attached hydrogens (tertiary/aromatic N) is 2. The number of aromatic nitrogens is 1. The first-order valence-corrected chi connectivity index (χ1v) is 12.7. The van der Waals surface area contributed by atoms with E-state index in [-0.39, 0.29) is 12.5 Å². The molecule has 5 nitrogen and oxygen atoms in total. The van der Waals surface area contributed by atoms with Gasteiger partial charge in [-0.25, -0.2) is 9.78 Å². The number of esters is 1. The molecule has 0 unspecified atom stereocenters. The van der Waals surface area contributed by atoms with Gasteiger partial charge in [0.15, 0.2) is 6.61 Å². The number of rotatable bonds is 5. The Morgan fingerprint density at radius 1 is 0.737 bits per heavy atom. The second kappa shape index (κ2) is 10.3. The molecule has 5 heteroatoms. The van der Waals surface area contributed by atoms with Crippen LogP contribution in [0.1, 0.15) is 21.5 Å². The minimum Gasteiger partial charge on any atom is -0.452 e. The summed E-state index contributed by atoms with van der Waals surface area (Å²) in [4.78, 5) is 32.7. The number of benzene rings is 4. The Labute approximate surface area is 221 Å². The third-order valence-electron chi connectivity index (χ3n) is 7.03. The van der Waals surface area contributed by atoms with Gasteiger partial charge in [-0.15, -0.1) is 0 Å². The van der Waals surface area contributed by atoms with Gasteiger partial charge >= 0.3 is 5.97 Å². The molecule has 186 valence electrons. The quantitative estimate of drug-likeness (QED) is 0.267. The van der Waals surface area contributed by atoms with Gasteiger partial charge in [-0.2, -0.15) is 0 Å². The van der Waals surface area contributed by atoms with E-state index in [4.69, 9.17) is 9.72 Å². The van der Waals surface area contributed by atoms with Crippen LogP contribution in [-0.2, 0) is 22.5 Å². The molecule has 1 aromatic heterocycles. The molecule has 0 saturated heterocycles. The SMILES string of the molecule is O=C(OCC(=O)N1CCc2ccccc2C1)c1cc(-c2ccc(-c3ccccc3)cc2)nc2ccccc12. The summed E-state index contributed by atoms with van der Waals surface area (Å²) in [5.41, 5.74) is 7.31. The highest BCUT2D eigenvalue weighted by Crippen LogP contribution is 2.28. The van der Waals surface area contributed by atoms with Gasteiger partial charge in [0.1, 0.15) is 0 Å². The van der Waals surface area contributed by atoms with Gasteiger partial charge in [-0.05, 0) is 40.8 Å². The lowest BCUT2D eigenvalue weighted by atomic mass is 10.00. The van der Waals surface area contributed by atoms with E-state index in [9.17, 15) is 9.59 Å². The van der Waals surface area contributed by atoms with Gasteiger partial charge < -0.3 is 9.64 Å². The third-order valence-corrected chi connectivity index (χ3v) is 7.03. The Balaban J connectivity index is 1.22. The van der Waals surface area contributed by atoms with Crippen molar-refractivity contribution in [2.45, 2.75) is 13.0 Å². The Bertz CT molecular complexity index is 1630. The molecule has 0 atom stereocenters. The zero-order chi connectivity index (χ0) is 25.9. The van der Waals surface area contributed by atoms with Gasteiger partial charge in [0.2, 0.25) is 0 Å². The molecule has 0 radical (unpaired) electrons. The number of amides is 1. The number of carbonyl (C=O) groups excluding carboxylic acids is 2. The molecule has 0 N–H and O–H groups in total. The molecule has 0 aliphatic carbocycles. The van der Waals surface area contributed by atoms with Crippen molar-refractivity contribution in [3.05, 3.63) is 126 Å². The van der Waals surface area contributed by atoms with Crippen LogP contribution in [0.15, 0.2) is 109 Å². The fourth-order valence-electron chi connectivity index (χ4n) is 4.96. The number of carbonyl (C=O) groups is 2. The van der Waals surface area contributed by atoms with Crippen LogP contribution in [0.5, 0.6) is 0 Å². The molecule has 6 rings (SSSR count). The van der Waals surface area contributed by atoms with E-state index in [0.717, 1.165) is 28.7 Å². The summed E-state index contributed by atoms with van der Waals surface area (Å²) in [6.45, 7) is 0.862. The highest BCUT2D eigenvalue weighted by molar-refractivity contribution is 6.05. The van der Waals surface area contributed by atoms with Crippen LogP contribution in [0.3, 0.4) is 0 Å². The molecule has 0 saturated carbocycles. The van der Waals surface area contributed by atoms with Crippen LogP contribution in [-0.4, -0.2) is 34.9 Å². The minimum atomic E-state index is -0.531. The predicted molar refractivity (Wildman–Crippen MR) is 148 cm³/mol. The van der Waals surface area contributed by atoms with Crippen molar-refractivity contribution in [1.82, 2.24) is 9.88 Å². The van der Waals surface area contributed by atoms with Crippen LogP contribution in [0, 0.1) is 0 Å². The molecule has 38 heavy (non-hydrogen) atoms. The standard InChI is InChI=1S/C33H26N2O3/c36-32(35-19-18-24-10-4-5-11-27(24)21-35)22-38-33(37)29-20-31(34-30-13-7-6-12-28(29)30)26-16-14-25(15-17-26)23-8-2-1-3-9-23/h1-17,20H,18-19,21-22H2. The van der Waals surface area contributed by atoms with Crippen LogP contribution < -0.4 is 0 Å². The van der Waals surface area contributed by atoms with Crippen LogP contribution >= 0.6 is 0 Å². The van der Waals surface area contributed by atoms with Crippen molar-refractivity contribution >= 4 is 22.8 Å². The maximum absolute atomic E-state index is 13.2. The van der Waals surface area contributed by atoms with E-state index in [1.807, 2.05) is 72.8 Å². The largest absolute Gasteiger partial charge is 0.452 e. The second-order valence-electron chi connectivity index (χ2n) is 9.43. The molecule has 1 aliphatic rings. The monoisotopic (exact) mass is 498 g/mol. The molecule has 4 aromatic carbocycles. The van der Waals surface area contributed by atoms with E-state index >= 15 is 0 Å². The van der Waals surface area contributed by atoms with Crippen molar-refractivity contribution in [3.63, 3.8) is 0 Å². The second-order valence-corrected chi connectivity index (χ2v) is 9.43. The summed E-state index contributed by atoms with van der Waals surface area (Å²) in [5, 5.41) is 0.696. The first-order chi connectivity index (χ1) is 18.7. The number of pyridine rings is 1. The topological polar surface area (TPSA) is 59.5 Å². The molecule has 0 fully saturated rings. The van der Waals surface area contributed by atoms with E-state index in [1.54, 1.807) is 11.0 Å². The number of ether oxygens (including phenoxy) is 1. The average molecular weight is 499 g/mol. The van der Waals surface area contributed by atoms with E-state index in [2.05, 4.69) is 30.3 Å². The summed E-state index contributed by atoms with van der Waals surface area (Å²) < 4.78 is 5.55. The third kappa shape index (κ3) is 4.78. The number of hydrogen-bond donors (Lipinski definition) is 0. The van der Waals surface area contributed by atoms with Gasteiger partial charge in [0.25, 0.3) is 5.91 Å². The first-order valence-electron chi connectivity index (χ1n) is 12.7. The molecule has 0 bridgehead atoms. The highest BCUT2D eigenvalue weighted by Gasteiger charge is 2.22. The van der Waals surface area contributed by atoms with Gasteiger partial charge in [-0.3, -0.25) is 4.79 Å². The predicted octanol–water partition coefficient (Wildman–Crippen LogP) is 6.31. The lowest BCUT2D eigenvalue weighted by Crippen LogP contribution is -2.38. The highest BCUT2D eigenvalue weighted by atomic mass is 16.5. The van der Waals surface area contributed by atoms with E-state index in [0.29, 0.717) is 35.2 Å². The summed E-state index contributed by atoms with van der Waals surface area (Å²) in [6.07, 6.45) is 0.803. The van der Waals surface area contributed by atoms with Crippen LogP contribution in [0.2, 0.25) is 0 Å². The maximum atomic E-state index is 13.2. The molecular weight excluding hydrogens is 472 g/mol. The van der Waals surface area contributed by atoms with Crippen molar-refractivity contribution in [2.24, 2.45) is 0 Å². The molecule has 1 amide bonds. The Morgan fingerprint density at radius 2 is 1.39 bits per heavy atom. The summed E-state index contributed by atoms with van der Waals surface area (Å²) >= 11 is 0. The lowest BCUT2D eigenvalue weighted by molar-refractivity contribution is -0.135. The van der Waals surface area contributed by atoms with E-state index in [1.165, 1.54) is 5.56 Å². The van der Waals surface area contributed by atoms with Crippen molar-refractivity contribution in [1.29, 1.82) is 0 Å². The zero-order valence-corrected chi connectivity index (χ0v) is 20.8. The van der Waals surface area contributed by atoms with Crippen LogP contribution in [0.25, 0.3) is 33.3 Å². The Morgan fingerprint density at radius 3 is 2.21 bits per heavy atom. The molecule has 2 heterocycles. The van der Waals surface area contributed by atoms with Gasteiger partial charge in [-0.1, -0.05) is 97.1 Å². The van der Waals surface area contributed by atoms with Gasteiger partial charge in [0, 0.05) is 24.0 Å². The molecule has 0 spiro atoms. The summed E-state index contributed by atoms with van der Waals surface area (Å²) in [7, 11) is 0. The van der Waals surface area contributed by atoms with Crippen LogP contribution in [0.4, 0.5) is 0 Å². The maximum Gasteiger partial charge on any atom is 0.339 e. The molecular formula is C33H26N2O3. The number of hydrogen-bond acceptors (Lipinski definition) is 4.